The quantitative estimate of drug-likeness (QED) is 0.816. The van der Waals surface area contributed by atoms with E-state index in [4.69, 9.17) is 4.52 Å². The third-order valence-corrected chi connectivity index (χ3v) is 2.67. The zero-order valence-corrected chi connectivity index (χ0v) is 9.97. The van der Waals surface area contributed by atoms with Crippen molar-refractivity contribution in [1.82, 2.24) is 9.88 Å². The highest BCUT2D eigenvalue weighted by atomic mass is 32.2. The molecule has 1 aromatic rings. The Hall–Kier alpha value is -1.08. The first-order valence-corrected chi connectivity index (χ1v) is 5.91. The second-order valence-electron chi connectivity index (χ2n) is 4.28. The van der Waals surface area contributed by atoms with Crippen molar-refractivity contribution in [2.75, 3.05) is 4.72 Å². The van der Waals surface area contributed by atoms with Gasteiger partial charge in [0.05, 0.1) is 0 Å². The van der Waals surface area contributed by atoms with Gasteiger partial charge in [0, 0.05) is 11.6 Å². The van der Waals surface area contributed by atoms with E-state index in [1.165, 1.54) is 6.07 Å². The molecule has 86 valence electrons. The van der Waals surface area contributed by atoms with Gasteiger partial charge in [-0.05, 0) is 27.7 Å². The van der Waals surface area contributed by atoms with Gasteiger partial charge in [0.15, 0.2) is 5.82 Å². The Kier molecular flexibility index (Phi) is 3.05. The van der Waals surface area contributed by atoms with E-state index in [-0.39, 0.29) is 5.82 Å². The average Bonchev–Trinajstić information content (AvgIpc) is 2.27. The Balaban J connectivity index is 2.73. The van der Waals surface area contributed by atoms with Crippen LogP contribution >= 0.6 is 0 Å². The van der Waals surface area contributed by atoms with Crippen LogP contribution in [0.25, 0.3) is 0 Å². The molecule has 1 aromatic heterocycles. The van der Waals surface area contributed by atoms with Crippen LogP contribution in [0.3, 0.4) is 0 Å². The molecule has 0 amide bonds. The van der Waals surface area contributed by atoms with E-state index in [1.807, 2.05) is 0 Å². The molecule has 0 aliphatic rings. The van der Waals surface area contributed by atoms with Crippen LogP contribution in [0.1, 0.15) is 26.5 Å². The summed E-state index contributed by atoms with van der Waals surface area (Å²) in [6.45, 7) is 6.93. The maximum Gasteiger partial charge on any atom is 0.300 e. The first kappa shape index (κ1) is 12.0. The van der Waals surface area contributed by atoms with Crippen LogP contribution in [-0.4, -0.2) is 19.1 Å². The third kappa shape index (κ3) is 4.30. The number of rotatable bonds is 3. The summed E-state index contributed by atoms with van der Waals surface area (Å²) >= 11 is 0. The summed E-state index contributed by atoms with van der Waals surface area (Å²) in [7, 11) is -3.60. The number of aryl methyl sites for hydroxylation is 1. The molecule has 1 heterocycles. The molecule has 0 saturated heterocycles. The fourth-order valence-electron chi connectivity index (χ4n) is 0.981. The second kappa shape index (κ2) is 3.82. The Morgan fingerprint density at radius 3 is 2.40 bits per heavy atom. The largest absolute Gasteiger partial charge is 0.360 e. The molecule has 0 spiro atoms. The number of aromatic nitrogens is 1. The zero-order valence-electron chi connectivity index (χ0n) is 9.16. The number of hydrogen-bond acceptors (Lipinski definition) is 4. The van der Waals surface area contributed by atoms with Crippen LogP contribution in [0.4, 0.5) is 5.82 Å². The molecule has 2 N–H and O–H groups in total. The Labute approximate surface area is 89.2 Å². The number of nitrogens with one attached hydrogen (secondary N) is 2. The summed E-state index contributed by atoms with van der Waals surface area (Å²) in [6, 6.07) is 1.50. The zero-order chi connectivity index (χ0) is 11.7. The lowest BCUT2D eigenvalue weighted by molar-refractivity contribution is 0.400. The highest BCUT2D eigenvalue weighted by molar-refractivity contribution is 7.90. The standard InChI is InChI=1S/C8H15N3O3S/c1-6-5-7(9-14-6)10-15(12,13)11-8(2,3)4/h5,11H,1-4H3,(H,9,10). The summed E-state index contributed by atoms with van der Waals surface area (Å²) in [5.41, 5.74) is -0.537. The van der Waals surface area contributed by atoms with Crippen molar-refractivity contribution in [3.8, 4) is 0 Å². The van der Waals surface area contributed by atoms with Crippen LogP contribution in [0.5, 0.6) is 0 Å². The smallest absolute Gasteiger partial charge is 0.300 e. The lowest BCUT2D eigenvalue weighted by Gasteiger charge is -2.19. The van der Waals surface area contributed by atoms with Crippen molar-refractivity contribution in [3.05, 3.63) is 11.8 Å². The Bertz CT molecular complexity index is 430. The van der Waals surface area contributed by atoms with E-state index in [1.54, 1.807) is 27.7 Å². The number of hydrogen-bond donors (Lipinski definition) is 2. The van der Waals surface area contributed by atoms with Crippen LogP contribution in [0.2, 0.25) is 0 Å². The van der Waals surface area contributed by atoms with Gasteiger partial charge in [-0.25, -0.2) is 0 Å². The molecule has 0 radical (unpaired) electrons. The van der Waals surface area contributed by atoms with Crippen LogP contribution in [0.15, 0.2) is 10.6 Å². The molecule has 0 unspecified atom stereocenters. The van der Waals surface area contributed by atoms with Gasteiger partial charge < -0.3 is 4.52 Å². The molecular weight excluding hydrogens is 218 g/mol. The minimum Gasteiger partial charge on any atom is -0.360 e. The monoisotopic (exact) mass is 233 g/mol. The van der Waals surface area contributed by atoms with Gasteiger partial charge in [-0.1, -0.05) is 5.16 Å². The average molecular weight is 233 g/mol. The lowest BCUT2D eigenvalue weighted by Crippen LogP contribution is -2.43. The molecule has 0 bridgehead atoms. The van der Waals surface area contributed by atoms with E-state index >= 15 is 0 Å². The molecule has 0 fully saturated rings. The molecule has 0 aliphatic carbocycles. The first-order chi connectivity index (χ1) is 6.68. The van der Waals surface area contributed by atoms with Crippen molar-refractivity contribution >= 4 is 16.0 Å². The van der Waals surface area contributed by atoms with Gasteiger partial charge in [-0.15, -0.1) is 0 Å². The van der Waals surface area contributed by atoms with Crippen molar-refractivity contribution < 1.29 is 12.9 Å². The lowest BCUT2D eigenvalue weighted by atomic mass is 10.1. The molecular formula is C8H15N3O3S. The van der Waals surface area contributed by atoms with Crippen molar-refractivity contribution in [3.63, 3.8) is 0 Å². The van der Waals surface area contributed by atoms with Crippen LogP contribution < -0.4 is 9.44 Å². The number of nitrogens with zero attached hydrogens (tertiary/aromatic N) is 1. The minimum atomic E-state index is -3.60. The highest BCUT2D eigenvalue weighted by Crippen LogP contribution is 2.10. The molecule has 1 rings (SSSR count). The Morgan fingerprint density at radius 1 is 1.40 bits per heavy atom. The highest BCUT2D eigenvalue weighted by Gasteiger charge is 2.20. The van der Waals surface area contributed by atoms with Crippen LogP contribution in [0, 0.1) is 6.92 Å². The van der Waals surface area contributed by atoms with Gasteiger partial charge in [0.2, 0.25) is 0 Å². The summed E-state index contributed by atoms with van der Waals surface area (Å²) < 4.78 is 32.5. The minimum absolute atomic E-state index is 0.171. The van der Waals surface area contributed by atoms with E-state index in [2.05, 4.69) is 14.6 Å². The third-order valence-electron chi connectivity index (χ3n) is 1.31. The topological polar surface area (TPSA) is 84.2 Å². The molecule has 0 saturated carbocycles. The fraction of sp³-hybridized carbons (Fsp3) is 0.625. The summed E-state index contributed by atoms with van der Waals surface area (Å²) in [5, 5.41) is 3.53. The molecule has 6 nitrogen and oxygen atoms in total. The predicted molar refractivity (Wildman–Crippen MR) is 56.7 cm³/mol. The normalized spacial score (nSPS) is 12.8. The van der Waals surface area contributed by atoms with Gasteiger partial charge in [-0.2, -0.15) is 13.1 Å². The first-order valence-electron chi connectivity index (χ1n) is 4.43. The van der Waals surface area contributed by atoms with Crippen molar-refractivity contribution in [2.24, 2.45) is 0 Å². The summed E-state index contributed by atoms with van der Waals surface area (Å²) in [5.74, 6) is 0.715. The van der Waals surface area contributed by atoms with E-state index < -0.39 is 15.7 Å². The van der Waals surface area contributed by atoms with E-state index in [0.717, 1.165) is 0 Å². The molecule has 0 aliphatic heterocycles. The molecule has 15 heavy (non-hydrogen) atoms. The molecule has 7 heteroatoms. The summed E-state index contributed by atoms with van der Waals surface area (Å²) in [6.07, 6.45) is 0. The predicted octanol–water partition coefficient (Wildman–Crippen LogP) is 1.03. The van der Waals surface area contributed by atoms with Crippen molar-refractivity contribution in [2.45, 2.75) is 33.2 Å². The second-order valence-corrected chi connectivity index (χ2v) is 5.70. The van der Waals surface area contributed by atoms with Gasteiger partial charge in [0.1, 0.15) is 5.76 Å². The van der Waals surface area contributed by atoms with E-state index in [0.29, 0.717) is 5.76 Å². The Morgan fingerprint density at radius 2 is 2.00 bits per heavy atom. The maximum atomic E-state index is 11.5. The van der Waals surface area contributed by atoms with Gasteiger partial charge in [-0.3, -0.25) is 4.72 Å². The fourth-order valence-corrected chi connectivity index (χ4v) is 2.21. The SMILES string of the molecule is Cc1cc(NS(=O)(=O)NC(C)(C)C)no1. The van der Waals surface area contributed by atoms with Gasteiger partial charge >= 0.3 is 10.2 Å². The van der Waals surface area contributed by atoms with Gasteiger partial charge in [0.25, 0.3) is 0 Å². The van der Waals surface area contributed by atoms with Crippen molar-refractivity contribution in [1.29, 1.82) is 0 Å². The number of anilines is 1. The van der Waals surface area contributed by atoms with E-state index in [9.17, 15) is 8.42 Å². The molecule has 0 atom stereocenters. The summed E-state index contributed by atoms with van der Waals surface area (Å²) in [4.78, 5) is 0. The maximum absolute atomic E-state index is 11.5. The molecule has 0 aromatic carbocycles. The van der Waals surface area contributed by atoms with Crippen LogP contribution in [-0.2, 0) is 10.2 Å².